The number of hydrogen-bond acceptors (Lipinski definition) is 2. The maximum atomic E-state index is 13.4. The normalized spacial score (nSPS) is 10.3. The molecule has 0 atom stereocenters. The van der Waals surface area contributed by atoms with Crippen molar-refractivity contribution in [1.82, 2.24) is 9.97 Å². The number of halogens is 2. The van der Waals surface area contributed by atoms with Crippen molar-refractivity contribution in [1.29, 1.82) is 0 Å². The summed E-state index contributed by atoms with van der Waals surface area (Å²) in [4.78, 5) is 7.86. The van der Waals surface area contributed by atoms with Gasteiger partial charge in [0.15, 0.2) is 5.82 Å². The Bertz CT molecular complexity index is 482. The third-order valence-electron chi connectivity index (χ3n) is 1.98. The van der Waals surface area contributed by atoms with Gasteiger partial charge in [0.2, 0.25) is 0 Å². The highest BCUT2D eigenvalue weighted by molar-refractivity contribution is 9.10. The SMILES string of the molecule is Cc1ncc(F)c(-c2ccc(Br)cc2)n1. The van der Waals surface area contributed by atoms with Gasteiger partial charge in [-0.3, -0.25) is 0 Å². The quantitative estimate of drug-likeness (QED) is 0.791. The first-order valence-corrected chi connectivity index (χ1v) is 5.21. The molecule has 0 spiro atoms. The van der Waals surface area contributed by atoms with E-state index in [0.717, 1.165) is 10.0 Å². The Hall–Kier alpha value is -1.29. The molecule has 0 amide bonds. The first-order valence-electron chi connectivity index (χ1n) is 4.42. The van der Waals surface area contributed by atoms with Crippen molar-refractivity contribution in [2.45, 2.75) is 6.92 Å². The van der Waals surface area contributed by atoms with Crippen LogP contribution in [0.2, 0.25) is 0 Å². The Kier molecular flexibility index (Phi) is 2.77. The van der Waals surface area contributed by atoms with Gasteiger partial charge in [0.1, 0.15) is 11.5 Å². The molecule has 2 aromatic rings. The fourth-order valence-corrected chi connectivity index (χ4v) is 1.53. The van der Waals surface area contributed by atoms with Gasteiger partial charge < -0.3 is 0 Å². The Morgan fingerprint density at radius 3 is 2.53 bits per heavy atom. The predicted molar refractivity (Wildman–Crippen MR) is 59.9 cm³/mol. The van der Waals surface area contributed by atoms with Gasteiger partial charge in [-0.15, -0.1) is 0 Å². The lowest BCUT2D eigenvalue weighted by Gasteiger charge is -2.03. The molecule has 0 N–H and O–H groups in total. The molecule has 4 heteroatoms. The van der Waals surface area contributed by atoms with E-state index in [1.54, 1.807) is 6.92 Å². The summed E-state index contributed by atoms with van der Waals surface area (Å²) < 4.78 is 14.4. The third kappa shape index (κ3) is 2.21. The Morgan fingerprint density at radius 2 is 1.87 bits per heavy atom. The minimum Gasteiger partial charge on any atom is -0.239 e. The van der Waals surface area contributed by atoms with Crippen LogP contribution in [0.5, 0.6) is 0 Å². The molecule has 2 rings (SSSR count). The van der Waals surface area contributed by atoms with Crippen LogP contribution in [0.1, 0.15) is 5.82 Å². The average molecular weight is 267 g/mol. The average Bonchev–Trinajstić information content (AvgIpc) is 2.23. The van der Waals surface area contributed by atoms with Crippen molar-refractivity contribution >= 4 is 15.9 Å². The van der Waals surface area contributed by atoms with Crippen molar-refractivity contribution in [3.8, 4) is 11.3 Å². The molecular weight excluding hydrogens is 259 g/mol. The second-order valence-corrected chi connectivity index (χ2v) is 4.04. The molecule has 0 bridgehead atoms. The molecule has 0 unspecified atom stereocenters. The fraction of sp³-hybridized carbons (Fsp3) is 0.0909. The smallest absolute Gasteiger partial charge is 0.167 e. The second-order valence-electron chi connectivity index (χ2n) is 3.12. The number of aromatic nitrogens is 2. The van der Waals surface area contributed by atoms with E-state index in [-0.39, 0.29) is 0 Å². The van der Waals surface area contributed by atoms with Gasteiger partial charge in [-0.2, -0.15) is 0 Å². The van der Waals surface area contributed by atoms with Crippen LogP contribution in [-0.2, 0) is 0 Å². The Labute approximate surface area is 95.3 Å². The van der Waals surface area contributed by atoms with E-state index in [9.17, 15) is 4.39 Å². The standard InChI is InChI=1S/C11H8BrFN2/c1-7-14-6-10(13)11(15-7)8-2-4-9(12)5-3-8/h2-6H,1H3. The van der Waals surface area contributed by atoms with Crippen LogP contribution in [0.3, 0.4) is 0 Å². The maximum Gasteiger partial charge on any atom is 0.167 e. The van der Waals surface area contributed by atoms with E-state index in [0.29, 0.717) is 11.5 Å². The van der Waals surface area contributed by atoms with Crippen LogP contribution in [0.4, 0.5) is 4.39 Å². The highest BCUT2D eigenvalue weighted by Crippen LogP contribution is 2.21. The molecule has 0 aliphatic rings. The minimum absolute atomic E-state index is 0.343. The van der Waals surface area contributed by atoms with Crippen LogP contribution in [-0.4, -0.2) is 9.97 Å². The molecule has 0 saturated carbocycles. The summed E-state index contributed by atoms with van der Waals surface area (Å²) in [5, 5.41) is 0. The lowest BCUT2D eigenvalue weighted by molar-refractivity contribution is 0.615. The van der Waals surface area contributed by atoms with Crippen molar-refractivity contribution in [3.63, 3.8) is 0 Å². The molecule has 2 nitrogen and oxygen atoms in total. The lowest BCUT2D eigenvalue weighted by Crippen LogP contribution is -1.94. The van der Waals surface area contributed by atoms with E-state index in [1.165, 1.54) is 6.20 Å². The molecule has 1 aromatic heterocycles. The zero-order valence-electron chi connectivity index (χ0n) is 8.04. The molecule has 0 radical (unpaired) electrons. The largest absolute Gasteiger partial charge is 0.239 e. The number of benzene rings is 1. The van der Waals surface area contributed by atoms with Gasteiger partial charge >= 0.3 is 0 Å². The van der Waals surface area contributed by atoms with Crippen LogP contribution in [0, 0.1) is 12.7 Å². The van der Waals surface area contributed by atoms with Crippen molar-refractivity contribution in [2.24, 2.45) is 0 Å². The highest BCUT2D eigenvalue weighted by Gasteiger charge is 2.07. The van der Waals surface area contributed by atoms with E-state index in [4.69, 9.17) is 0 Å². The zero-order chi connectivity index (χ0) is 10.8. The van der Waals surface area contributed by atoms with Gasteiger partial charge in [-0.1, -0.05) is 28.1 Å². The molecule has 15 heavy (non-hydrogen) atoms. The van der Waals surface area contributed by atoms with Crippen molar-refractivity contribution < 1.29 is 4.39 Å². The molecule has 0 fully saturated rings. The Morgan fingerprint density at radius 1 is 1.20 bits per heavy atom. The van der Waals surface area contributed by atoms with E-state index in [1.807, 2.05) is 24.3 Å². The Balaban J connectivity index is 2.53. The van der Waals surface area contributed by atoms with E-state index in [2.05, 4.69) is 25.9 Å². The van der Waals surface area contributed by atoms with Crippen molar-refractivity contribution in [2.75, 3.05) is 0 Å². The number of rotatable bonds is 1. The first-order chi connectivity index (χ1) is 7.16. The molecule has 0 aliphatic carbocycles. The van der Waals surface area contributed by atoms with Crippen molar-refractivity contribution in [3.05, 3.63) is 46.6 Å². The van der Waals surface area contributed by atoms with Gasteiger partial charge in [-0.05, 0) is 19.1 Å². The molecule has 76 valence electrons. The molecule has 0 saturated heterocycles. The molecular formula is C11H8BrFN2. The van der Waals surface area contributed by atoms with Gasteiger partial charge in [0.05, 0.1) is 6.20 Å². The monoisotopic (exact) mass is 266 g/mol. The second kappa shape index (κ2) is 4.06. The summed E-state index contributed by atoms with van der Waals surface area (Å²) in [6.07, 6.45) is 1.19. The van der Waals surface area contributed by atoms with E-state index < -0.39 is 5.82 Å². The molecule has 1 heterocycles. The van der Waals surface area contributed by atoms with Crippen LogP contribution >= 0.6 is 15.9 Å². The van der Waals surface area contributed by atoms with Crippen LogP contribution < -0.4 is 0 Å². The van der Waals surface area contributed by atoms with Gasteiger partial charge in [-0.25, -0.2) is 14.4 Å². The zero-order valence-corrected chi connectivity index (χ0v) is 9.62. The highest BCUT2D eigenvalue weighted by atomic mass is 79.9. The van der Waals surface area contributed by atoms with Gasteiger partial charge in [0.25, 0.3) is 0 Å². The van der Waals surface area contributed by atoms with E-state index >= 15 is 0 Å². The van der Waals surface area contributed by atoms with Crippen LogP contribution in [0.15, 0.2) is 34.9 Å². The minimum atomic E-state index is -0.400. The topological polar surface area (TPSA) is 25.8 Å². The van der Waals surface area contributed by atoms with Gasteiger partial charge in [0, 0.05) is 10.0 Å². The predicted octanol–water partition coefficient (Wildman–Crippen LogP) is 3.35. The van der Waals surface area contributed by atoms with Crippen LogP contribution in [0.25, 0.3) is 11.3 Å². The summed E-state index contributed by atoms with van der Waals surface area (Å²) in [6, 6.07) is 7.34. The summed E-state index contributed by atoms with van der Waals surface area (Å²) in [5.74, 6) is 0.164. The maximum absolute atomic E-state index is 13.4. The fourth-order valence-electron chi connectivity index (χ4n) is 1.27. The first kappa shape index (κ1) is 10.2. The number of nitrogens with zero attached hydrogens (tertiary/aromatic N) is 2. The number of aryl methyl sites for hydroxylation is 1. The third-order valence-corrected chi connectivity index (χ3v) is 2.51. The summed E-state index contributed by atoms with van der Waals surface area (Å²) in [7, 11) is 0. The molecule has 0 aliphatic heterocycles. The summed E-state index contributed by atoms with van der Waals surface area (Å²) in [5.41, 5.74) is 1.09. The number of hydrogen-bond donors (Lipinski definition) is 0. The summed E-state index contributed by atoms with van der Waals surface area (Å²) >= 11 is 3.32. The summed E-state index contributed by atoms with van der Waals surface area (Å²) in [6.45, 7) is 1.74. The molecule has 1 aromatic carbocycles. The lowest BCUT2D eigenvalue weighted by atomic mass is 10.1.